The number of hydrogen-bond donors (Lipinski definition) is 2. The highest BCUT2D eigenvalue weighted by Crippen LogP contribution is 2.25. The first-order valence-corrected chi connectivity index (χ1v) is 6.24. The van der Waals surface area contributed by atoms with Gasteiger partial charge in [-0.05, 0) is 26.5 Å². The van der Waals surface area contributed by atoms with E-state index in [1.807, 2.05) is 6.92 Å². The molecule has 0 atom stereocenters. The number of hydrogen-bond acceptors (Lipinski definition) is 2. The molecule has 0 radical (unpaired) electrons. The monoisotopic (exact) mass is 288 g/mol. The molecule has 1 amide bonds. The van der Waals surface area contributed by atoms with E-state index in [1.54, 1.807) is 32.0 Å². The molecule has 0 heterocycles. The summed E-state index contributed by atoms with van der Waals surface area (Å²) in [4.78, 5) is 12.1. The lowest BCUT2D eigenvalue weighted by Gasteiger charge is -2.24. The third-order valence-corrected chi connectivity index (χ3v) is 2.95. The van der Waals surface area contributed by atoms with Gasteiger partial charge in [-0.2, -0.15) is 0 Å². The molecule has 3 nitrogen and oxygen atoms in total. The van der Waals surface area contributed by atoms with Gasteiger partial charge in [0, 0.05) is 18.7 Å². The number of likely N-dealkylation sites (N-methyl/N-ethyl adjacent to an activating group) is 1. The molecule has 0 aliphatic carbocycles. The summed E-state index contributed by atoms with van der Waals surface area (Å²) in [6.07, 6.45) is 0. The summed E-state index contributed by atoms with van der Waals surface area (Å²) >= 11 is 0. The Kier molecular flexibility index (Phi) is 7.64. The van der Waals surface area contributed by atoms with Crippen LogP contribution in [-0.2, 0) is 10.2 Å². The predicted octanol–water partition coefficient (Wildman–Crippen LogP) is 2.25. The molecule has 0 saturated carbocycles. The maximum atomic E-state index is 13.7. The Bertz CT molecular complexity index is 410. The van der Waals surface area contributed by atoms with Crippen molar-refractivity contribution in [3.63, 3.8) is 0 Å². The Balaban J connectivity index is 0.00000324. The first-order chi connectivity index (χ1) is 8.50. The van der Waals surface area contributed by atoms with Crippen LogP contribution in [0.1, 0.15) is 26.3 Å². The number of halogens is 2. The van der Waals surface area contributed by atoms with Gasteiger partial charge in [0.25, 0.3) is 0 Å². The Labute approximate surface area is 120 Å². The van der Waals surface area contributed by atoms with Crippen molar-refractivity contribution in [3.05, 3.63) is 35.6 Å². The minimum atomic E-state index is -0.864. The first kappa shape index (κ1) is 17.9. The third kappa shape index (κ3) is 4.80. The summed E-state index contributed by atoms with van der Waals surface area (Å²) in [6.45, 7) is 7.60. The number of rotatable bonds is 6. The first-order valence-electron chi connectivity index (χ1n) is 6.24. The van der Waals surface area contributed by atoms with E-state index >= 15 is 0 Å². The van der Waals surface area contributed by atoms with Crippen LogP contribution in [0.4, 0.5) is 4.39 Å². The summed E-state index contributed by atoms with van der Waals surface area (Å²) in [7, 11) is 0. The van der Waals surface area contributed by atoms with Gasteiger partial charge >= 0.3 is 0 Å². The summed E-state index contributed by atoms with van der Waals surface area (Å²) in [5.41, 5.74) is -0.441. The van der Waals surface area contributed by atoms with E-state index in [0.717, 1.165) is 13.1 Å². The SMILES string of the molecule is CCNCCNC(=O)C(C)(C)c1ccccc1F.Cl. The molecule has 0 aromatic heterocycles. The Morgan fingerprint density at radius 2 is 1.89 bits per heavy atom. The standard InChI is InChI=1S/C14H21FN2O.ClH/c1-4-16-9-10-17-13(18)14(2,3)11-7-5-6-8-12(11)15;/h5-8,16H,4,9-10H2,1-3H3,(H,17,18);1H. The van der Waals surface area contributed by atoms with Gasteiger partial charge in [-0.25, -0.2) is 4.39 Å². The highest BCUT2D eigenvalue weighted by atomic mass is 35.5. The van der Waals surface area contributed by atoms with Crippen LogP contribution in [0.5, 0.6) is 0 Å². The molecule has 19 heavy (non-hydrogen) atoms. The maximum absolute atomic E-state index is 13.7. The molecule has 0 aliphatic heterocycles. The summed E-state index contributed by atoms with van der Waals surface area (Å²) in [5.74, 6) is -0.505. The molecular formula is C14H22ClFN2O. The average Bonchev–Trinajstić information content (AvgIpc) is 2.34. The Hall–Kier alpha value is -1.13. The van der Waals surface area contributed by atoms with Gasteiger partial charge in [-0.3, -0.25) is 4.79 Å². The normalized spacial score (nSPS) is 10.7. The zero-order valence-corrected chi connectivity index (χ0v) is 12.4. The van der Waals surface area contributed by atoms with E-state index in [2.05, 4.69) is 10.6 Å². The molecule has 0 saturated heterocycles. The van der Waals surface area contributed by atoms with Crippen LogP contribution in [0.2, 0.25) is 0 Å². The van der Waals surface area contributed by atoms with Gasteiger partial charge in [0.2, 0.25) is 5.91 Å². The molecule has 2 N–H and O–H groups in total. The number of amides is 1. The van der Waals surface area contributed by atoms with Gasteiger partial charge in [0.05, 0.1) is 5.41 Å². The van der Waals surface area contributed by atoms with Gasteiger partial charge < -0.3 is 10.6 Å². The van der Waals surface area contributed by atoms with Crippen molar-refractivity contribution in [1.82, 2.24) is 10.6 Å². The zero-order valence-electron chi connectivity index (χ0n) is 11.6. The van der Waals surface area contributed by atoms with Crippen LogP contribution in [0.25, 0.3) is 0 Å². The third-order valence-electron chi connectivity index (χ3n) is 2.95. The number of carbonyl (C=O) groups is 1. The van der Waals surface area contributed by atoms with Crippen LogP contribution in [-0.4, -0.2) is 25.5 Å². The van der Waals surface area contributed by atoms with Crippen molar-refractivity contribution in [3.8, 4) is 0 Å². The minimum absolute atomic E-state index is 0. The smallest absolute Gasteiger partial charge is 0.230 e. The van der Waals surface area contributed by atoms with Crippen LogP contribution >= 0.6 is 12.4 Å². The van der Waals surface area contributed by atoms with E-state index in [1.165, 1.54) is 6.07 Å². The van der Waals surface area contributed by atoms with Crippen molar-refractivity contribution >= 4 is 18.3 Å². The van der Waals surface area contributed by atoms with Crippen molar-refractivity contribution < 1.29 is 9.18 Å². The van der Waals surface area contributed by atoms with Crippen LogP contribution < -0.4 is 10.6 Å². The topological polar surface area (TPSA) is 41.1 Å². The molecule has 1 rings (SSSR count). The van der Waals surface area contributed by atoms with Crippen LogP contribution in [0.3, 0.4) is 0 Å². The largest absolute Gasteiger partial charge is 0.354 e. The van der Waals surface area contributed by atoms with E-state index < -0.39 is 5.41 Å². The quantitative estimate of drug-likeness (QED) is 0.789. The average molecular weight is 289 g/mol. The highest BCUT2D eigenvalue weighted by molar-refractivity contribution is 5.87. The van der Waals surface area contributed by atoms with Crippen LogP contribution in [0, 0.1) is 5.82 Å². The maximum Gasteiger partial charge on any atom is 0.230 e. The molecule has 108 valence electrons. The summed E-state index contributed by atoms with van der Waals surface area (Å²) in [5, 5.41) is 5.93. The molecule has 0 fully saturated rings. The van der Waals surface area contributed by atoms with E-state index in [0.29, 0.717) is 12.1 Å². The lowest BCUT2D eigenvalue weighted by Crippen LogP contribution is -2.43. The van der Waals surface area contributed by atoms with Gasteiger partial charge in [0.1, 0.15) is 5.82 Å². The number of carbonyl (C=O) groups excluding carboxylic acids is 1. The van der Waals surface area contributed by atoms with Gasteiger partial charge in [-0.1, -0.05) is 25.1 Å². The second-order valence-electron chi connectivity index (χ2n) is 4.71. The minimum Gasteiger partial charge on any atom is -0.354 e. The summed E-state index contributed by atoms with van der Waals surface area (Å²) < 4.78 is 13.7. The lowest BCUT2D eigenvalue weighted by atomic mass is 9.83. The number of benzene rings is 1. The fourth-order valence-corrected chi connectivity index (χ4v) is 1.75. The van der Waals surface area contributed by atoms with E-state index in [9.17, 15) is 9.18 Å². The highest BCUT2D eigenvalue weighted by Gasteiger charge is 2.31. The molecule has 0 bridgehead atoms. The van der Waals surface area contributed by atoms with E-state index in [-0.39, 0.29) is 24.1 Å². The van der Waals surface area contributed by atoms with Gasteiger partial charge in [-0.15, -0.1) is 12.4 Å². The summed E-state index contributed by atoms with van der Waals surface area (Å²) in [6, 6.07) is 6.40. The van der Waals surface area contributed by atoms with Gasteiger partial charge in [0.15, 0.2) is 0 Å². The number of nitrogens with one attached hydrogen (secondary N) is 2. The fourth-order valence-electron chi connectivity index (χ4n) is 1.75. The molecule has 1 aromatic carbocycles. The van der Waals surface area contributed by atoms with Crippen molar-refractivity contribution in [2.75, 3.05) is 19.6 Å². The molecule has 1 aromatic rings. The molecular weight excluding hydrogens is 267 g/mol. The second kappa shape index (κ2) is 8.12. The van der Waals surface area contributed by atoms with Crippen molar-refractivity contribution in [2.24, 2.45) is 0 Å². The molecule has 0 unspecified atom stereocenters. The lowest BCUT2D eigenvalue weighted by molar-refractivity contribution is -0.125. The fraction of sp³-hybridized carbons (Fsp3) is 0.500. The van der Waals surface area contributed by atoms with Crippen molar-refractivity contribution in [2.45, 2.75) is 26.2 Å². The Morgan fingerprint density at radius 1 is 1.26 bits per heavy atom. The van der Waals surface area contributed by atoms with Crippen molar-refractivity contribution in [1.29, 1.82) is 0 Å². The van der Waals surface area contributed by atoms with Crippen LogP contribution in [0.15, 0.2) is 24.3 Å². The predicted molar refractivity (Wildman–Crippen MR) is 78.2 cm³/mol. The molecule has 0 spiro atoms. The molecule has 5 heteroatoms. The second-order valence-corrected chi connectivity index (χ2v) is 4.71. The van der Waals surface area contributed by atoms with E-state index in [4.69, 9.17) is 0 Å². The zero-order chi connectivity index (χ0) is 13.6. The molecule has 0 aliphatic rings. The Morgan fingerprint density at radius 3 is 2.47 bits per heavy atom.